The Morgan fingerprint density at radius 2 is 2.36 bits per heavy atom. The zero-order valence-corrected chi connectivity index (χ0v) is 13.1. The average Bonchev–Trinajstić information content (AvgIpc) is 2.96. The molecule has 22 heavy (non-hydrogen) atoms. The molecule has 0 saturated heterocycles. The predicted octanol–water partition coefficient (Wildman–Crippen LogP) is 2.68. The summed E-state index contributed by atoms with van der Waals surface area (Å²) in [4.78, 5) is 29.7. The van der Waals surface area contributed by atoms with Crippen LogP contribution in [-0.4, -0.2) is 30.5 Å². The van der Waals surface area contributed by atoms with Crippen LogP contribution in [0.3, 0.4) is 0 Å². The van der Waals surface area contributed by atoms with Crippen LogP contribution in [0, 0.1) is 5.92 Å². The Kier molecular flexibility index (Phi) is 3.98. The first-order valence-electron chi connectivity index (χ1n) is 7.05. The van der Waals surface area contributed by atoms with Crippen LogP contribution in [0.1, 0.15) is 35.5 Å². The fourth-order valence-corrected chi connectivity index (χ4v) is 3.11. The van der Waals surface area contributed by atoms with Gasteiger partial charge in [-0.05, 0) is 25.5 Å². The largest absolute Gasteiger partial charge is 0.469 e. The zero-order chi connectivity index (χ0) is 15.7. The minimum atomic E-state index is -0.467. The lowest BCUT2D eigenvalue weighted by molar-refractivity contribution is -0.119. The van der Waals surface area contributed by atoms with E-state index < -0.39 is 5.97 Å². The monoisotopic (exact) mass is 320 g/mol. The highest BCUT2D eigenvalue weighted by molar-refractivity contribution is 7.14. The number of amides is 1. The minimum absolute atomic E-state index is 0.00819. The second-order valence-corrected chi connectivity index (χ2v) is 5.93. The van der Waals surface area contributed by atoms with E-state index in [1.165, 1.54) is 16.2 Å². The first-order valence-corrected chi connectivity index (χ1v) is 7.93. The molecule has 2 atom stereocenters. The molecule has 1 aliphatic rings. The van der Waals surface area contributed by atoms with E-state index in [0.29, 0.717) is 11.7 Å². The third-order valence-electron chi connectivity index (χ3n) is 3.61. The quantitative estimate of drug-likeness (QED) is 0.792. The number of hydrogen-bond acceptors (Lipinski definition) is 6. The van der Waals surface area contributed by atoms with Crippen molar-refractivity contribution in [3.8, 4) is 0 Å². The molecule has 0 aromatic carbocycles. The van der Waals surface area contributed by atoms with Crippen LogP contribution >= 0.6 is 11.3 Å². The molecule has 0 radical (unpaired) electrons. The lowest BCUT2D eigenvalue weighted by Crippen LogP contribution is -2.28. The highest BCUT2D eigenvalue weighted by Gasteiger charge is 2.47. The van der Waals surface area contributed by atoms with Crippen molar-refractivity contribution in [1.82, 2.24) is 4.98 Å². The van der Waals surface area contributed by atoms with Crippen molar-refractivity contribution >= 4 is 28.3 Å². The molecule has 0 N–H and O–H groups in total. The van der Waals surface area contributed by atoms with E-state index in [-0.39, 0.29) is 23.4 Å². The number of anilines is 1. The number of thiazole rings is 1. The Hall–Kier alpha value is -2.15. The normalized spacial score (nSPS) is 19.7. The fraction of sp³-hybridized carbons (Fsp3) is 0.400. The van der Waals surface area contributed by atoms with Gasteiger partial charge >= 0.3 is 5.97 Å². The minimum Gasteiger partial charge on any atom is -0.469 e. The van der Waals surface area contributed by atoms with Crippen LogP contribution in [0.4, 0.5) is 5.13 Å². The van der Waals surface area contributed by atoms with Crippen LogP contribution in [0.2, 0.25) is 0 Å². The molecule has 0 aliphatic heterocycles. The Morgan fingerprint density at radius 3 is 3.05 bits per heavy atom. The van der Waals surface area contributed by atoms with Gasteiger partial charge in [-0.3, -0.25) is 9.69 Å². The van der Waals surface area contributed by atoms with Crippen molar-refractivity contribution < 1.29 is 18.7 Å². The van der Waals surface area contributed by atoms with Crippen LogP contribution in [0.15, 0.2) is 28.2 Å². The van der Waals surface area contributed by atoms with E-state index in [0.717, 1.165) is 12.2 Å². The van der Waals surface area contributed by atoms with Gasteiger partial charge in [0.1, 0.15) is 5.76 Å². The zero-order valence-electron chi connectivity index (χ0n) is 12.3. The van der Waals surface area contributed by atoms with Gasteiger partial charge in [-0.25, -0.2) is 9.78 Å². The van der Waals surface area contributed by atoms with Crippen molar-refractivity contribution in [2.45, 2.75) is 19.3 Å². The number of hydrogen-bond donors (Lipinski definition) is 0. The molecule has 1 fully saturated rings. The molecular formula is C15H16N2O4S. The van der Waals surface area contributed by atoms with Gasteiger partial charge in [-0.2, -0.15) is 0 Å². The first kappa shape index (κ1) is 14.8. The second kappa shape index (κ2) is 5.92. The van der Waals surface area contributed by atoms with E-state index in [4.69, 9.17) is 9.15 Å². The van der Waals surface area contributed by atoms with Crippen LogP contribution in [-0.2, 0) is 9.53 Å². The SMILES string of the molecule is CCOC(=O)c1csc(N(C)C(=O)[C@H]2C[C@H]2c2ccco2)n1. The molecule has 7 heteroatoms. The van der Waals surface area contributed by atoms with Gasteiger partial charge in [0.05, 0.1) is 12.9 Å². The molecule has 1 saturated carbocycles. The molecule has 0 bridgehead atoms. The van der Waals surface area contributed by atoms with Gasteiger partial charge in [-0.1, -0.05) is 0 Å². The predicted molar refractivity (Wildman–Crippen MR) is 81.0 cm³/mol. The summed E-state index contributed by atoms with van der Waals surface area (Å²) in [5, 5.41) is 2.10. The molecule has 1 amide bonds. The van der Waals surface area contributed by atoms with Crippen LogP contribution < -0.4 is 4.90 Å². The average molecular weight is 320 g/mol. The Balaban J connectivity index is 1.66. The summed E-state index contributed by atoms with van der Waals surface area (Å²) in [5.74, 6) is 0.440. The number of carbonyl (C=O) groups is 2. The Labute approximate surface area is 131 Å². The lowest BCUT2D eigenvalue weighted by Gasteiger charge is -2.13. The lowest BCUT2D eigenvalue weighted by atomic mass is 10.2. The molecule has 1 aliphatic carbocycles. The van der Waals surface area contributed by atoms with Crippen molar-refractivity contribution in [2.24, 2.45) is 5.92 Å². The molecule has 6 nitrogen and oxygen atoms in total. The third kappa shape index (κ3) is 2.76. The maximum atomic E-state index is 12.5. The van der Waals surface area contributed by atoms with Crippen LogP contribution in [0.5, 0.6) is 0 Å². The second-order valence-electron chi connectivity index (χ2n) is 5.10. The number of ether oxygens (including phenoxy) is 1. The Morgan fingerprint density at radius 1 is 1.55 bits per heavy atom. The topological polar surface area (TPSA) is 72.6 Å². The molecule has 2 heterocycles. The summed E-state index contributed by atoms with van der Waals surface area (Å²) < 4.78 is 10.2. The van der Waals surface area contributed by atoms with Crippen molar-refractivity contribution in [3.05, 3.63) is 35.2 Å². The standard InChI is InChI=1S/C15H16N2O4S/c1-3-20-14(19)11-8-22-15(16-11)17(2)13(18)10-7-9(10)12-5-4-6-21-12/h4-6,8-10H,3,7H2,1-2H3/t9-,10+/m1/s1. The number of rotatable bonds is 5. The molecule has 3 rings (SSSR count). The summed E-state index contributed by atoms with van der Waals surface area (Å²) in [6.45, 7) is 2.04. The molecule has 2 aromatic rings. The molecule has 0 unspecified atom stereocenters. The highest BCUT2D eigenvalue weighted by atomic mass is 32.1. The van der Waals surface area contributed by atoms with Gasteiger partial charge in [0, 0.05) is 24.3 Å². The number of esters is 1. The summed E-state index contributed by atoms with van der Waals surface area (Å²) in [7, 11) is 1.67. The number of carbonyl (C=O) groups excluding carboxylic acids is 2. The van der Waals surface area contributed by atoms with Gasteiger partial charge in [0.25, 0.3) is 0 Å². The maximum Gasteiger partial charge on any atom is 0.357 e. The van der Waals surface area contributed by atoms with E-state index in [1.54, 1.807) is 25.6 Å². The van der Waals surface area contributed by atoms with E-state index in [9.17, 15) is 9.59 Å². The fourth-order valence-electron chi connectivity index (χ4n) is 2.34. The molecule has 116 valence electrons. The van der Waals surface area contributed by atoms with Crippen molar-refractivity contribution in [3.63, 3.8) is 0 Å². The molecular weight excluding hydrogens is 304 g/mol. The van der Waals surface area contributed by atoms with Gasteiger partial charge < -0.3 is 9.15 Å². The smallest absolute Gasteiger partial charge is 0.357 e. The third-order valence-corrected chi connectivity index (χ3v) is 4.53. The Bertz CT molecular complexity index is 680. The molecule has 2 aromatic heterocycles. The molecule has 0 spiro atoms. The van der Waals surface area contributed by atoms with Gasteiger partial charge in [0.15, 0.2) is 10.8 Å². The first-order chi connectivity index (χ1) is 10.6. The number of nitrogens with zero attached hydrogens (tertiary/aromatic N) is 2. The van der Waals surface area contributed by atoms with Gasteiger partial charge in [0.2, 0.25) is 5.91 Å². The summed E-state index contributed by atoms with van der Waals surface area (Å²) in [5.41, 5.74) is 0.236. The van der Waals surface area contributed by atoms with E-state index >= 15 is 0 Å². The van der Waals surface area contributed by atoms with Crippen molar-refractivity contribution in [1.29, 1.82) is 0 Å². The van der Waals surface area contributed by atoms with Crippen molar-refractivity contribution in [2.75, 3.05) is 18.6 Å². The summed E-state index contributed by atoms with van der Waals surface area (Å²) >= 11 is 1.25. The van der Waals surface area contributed by atoms with Crippen LogP contribution in [0.25, 0.3) is 0 Å². The summed E-state index contributed by atoms with van der Waals surface area (Å²) in [6.07, 6.45) is 2.40. The highest BCUT2D eigenvalue weighted by Crippen LogP contribution is 2.48. The number of aromatic nitrogens is 1. The number of furan rings is 1. The van der Waals surface area contributed by atoms with E-state index in [1.807, 2.05) is 12.1 Å². The maximum absolute atomic E-state index is 12.5. The van der Waals surface area contributed by atoms with E-state index in [2.05, 4.69) is 4.98 Å². The van der Waals surface area contributed by atoms with Gasteiger partial charge in [-0.15, -0.1) is 11.3 Å². The summed E-state index contributed by atoms with van der Waals surface area (Å²) in [6, 6.07) is 3.71.